The molecule has 0 aliphatic rings. The molecule has 0 fully saturated rings. The van der Waals surface area contributed by atoms with Gasteiger partial charge in [0, 0.05) is 6.20 Å². The van der Waals surface area contributed by atoms with Gasteiger partial charge >= 0.3 is 0 Å². The molecule has 1 amide bonds. The number of anilines is 2. The van der Waals surface area contributed by atoms with Crippen molar-refractivity contribution >= 4 is 17.4 Å². The van der Waals surface area contributed by atoms with Crippen LogP contribution in [0.25, 0.3) is 0 Å². The van der Waals surface area contributed by atoms with Gasteiger partial charge in [0.05, 0.1) is 11.3 Å². The van der Waals surface area contributed by atoms with Gasteiger partial charge in [0.25, 0.3) is 5.91 Å². The Hall–Kier alpha value is -2.61. The number of aromatic nitrogens is 1. The Bertz CT molecular complexity index is 646. The zero-order chi connectivity index (χ0) is 14.7. The Balaban J connectivity index is 2.21. The summed E-state index contributed by atoms with van der Waals surface area (Å²) in [5, 5.41) is 2.12. The van der Waals surface area contributed by atoms with Crippen molar-refractivity contribution in [2.24, 2.45) is 5.84 Å². The molecule has 0 saturated heterocycles. The molecule has 1 heterocycles. The van der Waals surface area contributed by atoms with Gasteiger partial charge in [0.1, 0.15) is 5.82 Å². The number of nitrogens with zero attached hydrogens (tertiary/aromatic N) is 1. The molecule has 0 aliphatic carbocycles. The van der Waals surface area contributed by atoms with E-state index in [-0.39, 0.29) is 5.56 Å². The SMILES string of the molecule is NNc1ccc(C(=O)Nc2ccc(F)c(F)c2F)cn1. The lowest BCUT2D eigenvalue weighted by molar-refractivity contribution is 0.102. The molecule has 4 N–H and O–H groups in total. The fourth-order valence-electron chi connectivity index (χ4n) is 1.43. The average molecular weight is 282 g/mol. The number of halogens is 3. The molecule has 20 heavy (non-hydrogen) atoms. The Labute approximate surface area is 111 Å². The summed E-state index contributed by atoms with van der Waals surface area (Å²) >= 11 is 0. The summed E-state index contributed by atoms with van der Waals surface area (Å²) in [6, 6.07) is 4.45. The molecule has 0 bridgehead atoms. The minimum Gasteiger partial charge on any atom is -0.319 e. The fraction of sp³-hybridized carbons (Fsp3) is 0. The number of carbonyl (C=O) groups is 1. The minimum absolute atomic E-state index is 0.105. The molecule has 0 aliphatic heterocycles. The third-order valence-electron chi connectivity index (χ3n) is 2.46. The van der Waals surface area contributed by atoms with Crippen LogP contribution >= 0.6 is 0 Å². The zero-order valence-corrected chi connectivity index (χ0v) is 9.95. The minimum atomic E-state index is -1.65. The number of amides is 1. The van der Waals surface area contributed by atoms with E-state index < -0.39 is 29.0 Å². The smallest absolute Gasteiger partial charge is 0.257 e. The molecule has 0 saturated carbocycles. The van der Waals surface area contributed by atoms with Crippen molar-refractivity contribution in [2.45, 2.75) is 0 Å². The number of hydrazine groups is 1. The van der Waals surface area contributed by atoms with Gasteiger partial charge < -0.3 is 10.7 Å². The summed E-state index contributed by atoms with van der Waals surface area (Å²) in [6.45, 7) is 0. The maximum absolute atomic E-state index is 13.4. The van der Waals surface area contributed by atoms with Crippen LogP contribution in [-0.4, -0.2) is 10.9 Å². The lowest BCUT2D eigenvalue weighted by Gasteiger charge is -2.07. The van der Waals surface area contributed by atoms with Crippen LogP contribution in [0, 0.1) is 17.5 Å². The van der Waals surface area contributed by atoms with Crippen LogP contribution in [0.3, 0.4) is 0 Å². The number of hydrogen-bond donors (Lipinski definition) is 3. The molecule has 1 aromatic carbocycles. The molecular formula is C12H9F3N4O. The molecular weight excluding hydrogens is 273 g/mol. The summed E-state index contributed by atoms with van der Waals surface area (Å²) < 4.78 is 39.1. The van der Waals surface area contributed by atoms with Crippen LogP contribution in [0.5, 0.6) is 0 Å². The summed E-state index contributed by atoms with van der Waals surface area (Å²) in [7, 11) is 0. The lowest BCUT2D eigenvalue weighted by Crippen LogP contribution is -2.15. The Morgan fingerprint density at radius 3 is 2.45 bits per heavy atom. The number of nitrogens with one attached hydrogen (secondary N) is 2. The molecule has 0 radical (unpaired) electrons. The van der Waals surface area contributed by atoms with Gasteiger partial charge in [-0.15, -0.1) is 0 Å². The monoisotopic (exact) mass is 282 g/mol. The van der Waals surface area contributed by atoms with E-state index in [1.807, 2.05) is 0 Å². The van der Waals surface area contributed by atoms with E-state index in [1.54, 1.807) is 0 Å². The summed E-state index contributed by atoms with van der Waals surface area (Å²) in [4.78, 5) is 15.6. The maximum Gasteiger partial charge on any atom is 0.257 e. The fourth-order valence-corrected chi connectivity index (χ4v) is 1.43. The molecule has 0 unspecified atom stereocenters. The lowest BCUT2D eigenvalue weighted by atomic mass is 10.2. The summed E-state index contributed by atoms with van der Waals surface area (Å²) in [5.74, 6) is 0.279. The second-order valence-corrected chi connectivity index (χ2v) is 3.75. The normalized spacial score (nSPS) is 10.2. The number of nitrogen functional groups attached to an aromatic ring is 1. The quantitative estimate of drug-likeness (QED) is 0.457. The van der Waals surface area contributed by atoms with Gasteiger partial charge in [-0.05, 0) is 24.3 Å². The molecule has 2 rings (SSSR count). The maximum atomic E-state index is 13.4. The van der Waals surface area contributed by atoms with Gasteiger partial charge in [0.2, 0.25) is 0 Å². The van der Waals surface area contributed by atoms with Crippen molar-refractivity contribution in [2.75, 3.05) is 10.7 Å². The van der Waals surface area contributed by atoms with Crippen molar-refractivity contribution in [3.8, 4) is 0 Å². The first kappa shape index (κ1) is 13.8. The van der Waals surface area contributed by atoms with Crippen molar-refractivity contribution in [3.05, 3.63) is 53.5 Å². The van der Waals surface area contributed by atoms with E-state index in [1.165, 1.54) is 18.3 Å². The number of carbonyl (C=O) groups excluding carboxylic acids is 1. The molecule has 0 spiro atoms. The standard InChI is InChI=1S/C12H9F3N4O/c13-7-2-3-8(11(15)10(7)14)18-12(20)6-1-4-9(19-16)17-5-6/h1-5H,16H2,(H,17,19)(H,18,20). The summed E-state index contributed by atoms with van der Waals surface area (Å²) in [6.07, 6.45) is 1.20. The summed E-state index contributed by atoms with van der Waals surface area (Å²) in [5.41, 5.74) is 1.91. The van der Waals surface area contributed by atoms with Crippen molar-refractivity contribution in [1.82, 2.24) is 4.98 Å². The Morgan fingerprint density at radius 2 is 1.85 bits per heavy atom. The Morgan fingerprint density at radius 1 is 1.10 bits per heavy atom. The zero-order valence-electron chi connectivity index (χ0n) is 9.95. The molecule has 0 atom stereocenters. The molecule has 2 aromatic rings. The molecule has 104 valence electrons. The van der Waals surface area contributed by atoms with Crippen LogP contribution in [0.2, 0.25) is 0 Å². The van der Waals surface area contributed by atoms with E-state index >= 15 is 0 Å². The number of rotatable bonds is 3. The molecule has 1 aromatic heterocycles. The second-order valence-electron chi connectivity index (χ2n) is 3.75. The van der Waals surface area contributed by atoms with E-state index in [0.29, 0.717) is 11.9 Å². The number of pyridine rings is 1. The van der Waals surface area contributed by atoms with E-state index in [4.69, 9.17) is 5.84 Å². The highest BCUT2D eigenvalue weighted by molar-refractivity contribution is 6.04. The predicted octanol–water partition coefficient (Wildman–Crippen LogP) is 2.04. The van der Waals surface area contributed by atoms with Gasteiger partial charge in [-0.1, -0.05) is 0 Å². The van der Waals surface area contributed by atoms with Crippen LogP contribution in [0.4, 0.5) is 24.7 Å². The highest BCUT2D eigenvalue weighted by Gasteiger charge is 2.16. The van der Waals surface area contributed by atoms with Gasteiger partial charge in [-0.25, -0.2) is 24.0 Å². The van der Waals surface area contributed by atoms with E-state index in [2.05, 4.69) is 15.7 Å². The van der Waals surface area contributed by atoms with Crippen LogP contribution in [-0.2, 0) is 0 Å². The number of benzene rings is 1. The van der Waals surface area contributed by atoms with Crippen molar-refractivity contribution in [1.29, 1.82) is 0 Å². The highest BCUT2D eigenvalue weighted by Crippen LogP contribution is 2.20. The van der Waals surface area contributed by atoms with Crippen LogP contribution in [0.1, 0.15) is 10.4 Å². The van der Waals surface area contributed by atoms with Gasteiger partial charge in [0.15, 0.2) is 17.5 Å². The van der Waals surface area contributed by atoms with Crippen LogP contribution in [0.15, 0.2) is 30.5 Å². The first-order valence-electron chi connectivity index (χ1n) is 5.40. The second kappa shape index (κ2) is 5.57. The third-order valence-corrected chi connectivity index (χ3v) is 2.46. The largest absolute Gasteiger partial charge is 0.319 e. The highest BCUT2D eigenvalue weighted by atomic mass is 19.2. The molecule has 8 heteroatoms. The average Bonchev–Trinajstić information content (AvgIpc) is 2.48. The predicted molar refractivity (Wildman–Crippen MR) is 66.3 cm³/mol. The first-order chi connectivity index (χ1) is 9.52. The Kier molecular flexibility index (Phi) is 3.85. The number of hydrogen-bond acceptors (Lipinski definition) is 4. The topological polar surface area (TPSA) is 80.0 Å². The van der Waals surface area contributed by atoms with E-state index in [9.17, 15) is 18.0 Å². The van der Waals surface area contributed by atoms with Gasteiger partial charge in [-0.2, -0.15) is 0 Å². The van der Waals surface area contributed by atoms with Crippen molar-refractivity contribution < 1.29 is 18.0 Å². The number of nitrogens with two attached hydrogens (primary N) is 1. The van der Waals surface area contributed by atoms with Gasteiger partial charge in [-0.3, -0.25) is 4.79 Å². The van der Waals surface area contributed by atoms with E-state index in [0.717, 1.165) is 6.07 Å². The molecule has 5 nitrogen and oxygen atoms in total. The first-order valence-corrected chi connectivity index (χ1v) is 5.40. The van der Waals surface area contributed by atoms with Crippen molar-refractivity contribution in [3.63, 3.8) is 0 Å². The van der Waals surface area contributed by atoms with Crippen LogP contribution < -0.4 is 16.6 Å². The third kappa shape index (κ3) is 2.69.